The number of anilines is 1. The number of ether oxygens (including phenoxy) is 1. The summed E-state index contributed by atoms with van der Waals surface area (Å²) in [6.45, 7) is 5.73. The molecular weight excluding hydrogens is 480 g/mol. The Labute approximate surface area is 226 Å². The van der Waals surface area contributed by atoms with E-state index in [0.29, 0.717) is 30.1 Å². The predicted octanol–water partition coefficient (Wildman–Crippen LogP) is 4.49. The number of amides is 3. The van der Waals surface area contributed by atoms with Crippen molar-refractivity contribution in [1.82, 2.24) is 15.1 Å². The Morgan fingerprint density at radius 2 is 1.89 bits per heavy atom. The highest BCUT2D eigenvalue weighted by atomic mass is 16.5. The first-order valence-electron chi connectivity index (χ1n) is 13.9. The Kier molecular flexibility index (Phi) is 9.63. The van der Waals surface area contributed by atoms with Crippen LogP contribution in [0.5, 0.6) is 5.75 Å². The third kappa shape index (κ3) is 7.26. The molecule has 0 saturated heterocycles. The Morgan fingerprint density at radius 1 is 1.16 bits per heavy atom. The number of fused-ring (bicyclic) bond motifs is 1. The Balaban J connectivity index is 1.53. The molecule has 0 unspecified atom stereocenters. The van der Waals surface area contributed by atoms with E-state index >= 15 is 0 Å². The summed E-state index contributed by atoms with van der Waals surface area (Å²) in [6.07, 6.45) is 5.31. The van der Waals surface area contributed by atoms with E-state index in [4.69, 9.17) is 4.74 Å². The highest BCUT2D eigenvalue weighted by molar-refractivity contribution is 5.99. The molecular formula is C30H42N4O4. The van der Waals surface area contributed by atoms with Crippen LogP contribution in [0.4, 0.5) is 10.5 Å². The zero-order valence-electron chi connectivity index (χ0n) is 22.9. The molecule has 1 aliphatic carbocycles. The molecule has 0 radical (unpaired) electrons. The topological polar surface area (TPSA) is 94.1 Å². The summed E-state index contributed by atoms with van der Waals surface area (Å²) < 4.78 is 6.49. The Hall–Kier alpha value is -3.10. The van der Waals surface area contributed by atoms with E-state index in [9.17, 15) is 14.7 Å². The van der Waals surface area contributed by atoms with Crippen LogP contribution in [-0.4, -0.2) is 71.8 Å². The van der Waals surface area contributed by atoms with E-state index in [0.717, 1.165) is 32.2 Å². The van der Waals surface area contributed by atoms with E-state index in [-0.39, 0.29) is 42.7 Å². The molecule has 0 spiro atoms. The molecule has 8 nitrogen and oxygen atoms in total. The molecule has 8 heteroatoms. The number of aliphatic hydroxyl groups is 1. The Morgan fingerprint density at radius 3 is 2.61 bits per heavy atom. The van der Waals surface area contributed by atoms with Gasteiger partial charge < -0.3 is 25.4 Å². The molecule has 4 rings (SSSR count). The zero-order chi connectivity index (χ0) is 27.1. The van der Waals surface area contributed by atoms with Crippen molar-refractivity contribution in [3.8, 4) is 5.75 Å². The SMILES string of the molecule is C[C@H]1CN([C@@H](C)CO)C(=O)c2cc(NC(=O)NC3CCCCC3)ccc2O[C@H]1CN(C)Cc1ccccc1. The number of carbonyl (C=O) groups excluding carboxylic acids is 2. The van der Waals surface area contributed by atoms with Gasteiger partial charge in [-0.2, -0.15) is 0 Å². The zero-order valence-corrected chi connectivity index (χ0v) is 22.9. The number of aliphatic hydroxyl groups excluding tert-OH is 1. The summed E-state index contributed by atoms with van der Waals surface area (Å²) in [4.78, 5) is 30.3. The van der Waals surface area contributed by atoms with Crippen molar-refractivity contribution in [2.24, 2.45) is 5.92 Å². The number of urea groups is 1. The number of carbonyl (C=O) groups is 2. The van der Waals surface area contributed by atoms with Crippen molar-refractivity contribution in [2.45, 2.75) is 70.7 Å². The third-order valence-electron chi connectivity index (χ3n) is 7.65. The van der Waals surface area contributed by atoms with Crippen molar-refractivity contribution in [1.29, 1.82) is 0 Å². The van der Waals surface area contributed by atoms with Gasteiger partial charge in [-0.3, -0.25) is 9.69 Å². The van der Waals surface area contributed by atoms with Gasteiger partial charge in [0.1, 0.15) is 11.9 Å². The van der Waals surface area contributed by atoms with E-state index in [2.05, 4.69) is 41.6 Å². The van der Waals surface area contributed by atoms with E-state index in [1.54, 1.807) is 23.1 Å². The minimum absolute atomic E-state index is 0.0402. The van der Waals surface area contributed by atoms with Gasteiger partial charge in [-0.25, -0.2) is 4.79 Å². The second kappa shape index (κ2) is 13.1. The molecule has 2 aromatic rings. The van der Waals surface area contributed by atoms with Gasteiger partial charge in [0.15, 0.2) is 0 Å². The summed E-state index contributed by atoms with van der Waals surface area (Å²) in [5.74, 6) is 0.326. The summed E-state index contributed by atoms with van der Waals surface area (Å²) in [5.41, 5.74) is 2.15. The van der Waals surface area contributed by atoms with Gasteiger partial charge in [-0.15, -0.1) is 0 Å². The van der Waals surface area contributed by atoms with Gasteiger partial charge in [0.05, 0.1) is 18.2 Å². The normalized spacial score (nSPS) is 21.2. The number of hydrogen-bond acceptors (Lipinski definition) is 5. The van der Waals surface area contributed by atoms with Crippen molar-refractivity contribution in [3.05, 3.63) is 59.7 Å². The summed E-state index contributed by atoms with van der Waals surface area (Å²) in [7, 11) is 2.07. The van der Waals surface area contributed by atoms with Crippen LogP contribution < -0.4 is 15.4 Å². The van der Waals surface area contributed by atoms with Crippen molar-refractivity contribution in [2.75, 3.05) is 32.1 Å². The third-order valence-corrected chi connectivity index (χ3v) is 7.65. The summed E-state index contributed by atoms with van der Waals surface area (Å²) in [5, 5.41) is 15.9. The van der Waals surface area contributed by atoms with Gasteiger partial charge in [0.2, 0.25) is 0 Å². The molecule has 2 aromatic carbocycles. The summed E-state index contributed by atoms with van der Waals surface area (Å²) >= 11 is 0. The minimum Gasteiger partial charge on any atom is -0.488 e. The number of rotatable bonds is 8. The summed E-state index contributed by atoms with van der Waals surface area (Å²) in [6, 6.07) is 15.1. The molecule has 3 atom stereocenters. The highest BCUT2D eigenvalue weighted by Gasteiger charge is 2.33. The van der Waals surface area contributed by atoms with Crippen molar-refractivity contribution < 1.29 is 19.4 Å². The van der Waals surface area contributed by atoms with Crippen LogP contribution in [0.3, 0.4) is 0 Å². The lowest BCUT2D eigenvalue weighted by Crippen LogP contribution is -2.49. The molecule has 1 fully saturated rings. The number of benzene rings is 2. The quantitative estimate of drug-likeness (QED) is 0.475. The average molecular weight is 523 g/mol. The maximum absolute atomic E-state index is 13.7. The van der Waals surface area contributed by atoms with Crippen LogP contribution in [0.15, 0.2) is 48.5 Å². The minimum atomic E-state index is -0.343. The van der Waals surface area contributed by atoms with E-state index in [1.165, 1.54) is 12.0 Å². The lowest BCUT2D eigenvalue weighted by Gasteiger charge is -2.38. The number of nitrogens with one attached hydrogen (secondary N) is 2. The molecule has 0 bridgehead atoms. The first-order valence-corrected chi connectivity index (χ1v) is 13.9. The molecule has 206 valence electrons. The maximum Gasteiger partial charge on any atom is 0.319 e. The van der Waals surface area contributed by atoms with Gasteiger partial charge in [-0.1, -0.05) is 56.5 Å². The smallest absolute Gasteiger partial charge is 0.319 e. The van der Waals surface area contributed by atoms with Gasteiger partial charge >= 0.3 is 6.03 Å². The molecule has 1 aliphatic heterocycles. The fourth-order valence-corrected chi connectivity index (χ4v) is 5.38. The van der Waals surface area contributed by atoms with Crippen LogP contribution >= 0.6 is 0 Å². The molecule has 1 saturated carbocycles. The van der Waals surface area contributed by atoms with Crippen LogP contribution in [-0.2, 0) is 6.54 Å². The first kappa shape index (κ1) is 27.9. The van der Waals surface area contributed by atoms with Crippen LogP contribution in [0.25, 0.3) is 0 Å². The molecule has 38 heavy (non-hydrogen) atoms. The van der Waals surface area contributed by atoms with E-state index < -0.39 is 0 Å². The average Bonchev–Trinajstić information content (AvgIpc) is 2.91. The van der Waals surface area contributed by atoms with Gasteiger partial charge in [0, 0.05) is 37.3 Å². The lowest BCUT2D eigenvalue weighted by atomic mass is 9.96. The number of hydrogen-bond donors (Lipinski definition) is 3. The molecule has 1 heterocycles. The lowest BCUT2D eigenvalue weighted by molar-refractivity contribution is 0.0341. The van der Waals surface area contributed by atoms with Crippen molar-refractivity contribution in [3.63, 3.8) is 0 Å². The number of likely N-dealkylation sites (N-methyl/N-ethyl adjacent to an activating group) is 1. The fraction of sp³-hybridized carbons (Fsp3) is 0.533. The second-order valence-electron chi connectivity index (χ2n) is 10.9. The van der Waals surface area contributed by atoms with Crippen LogP contribution in [0, 0.1) is 5.92 Å². The fourth-order valence-electron chi connectivity index (χ4n) is 5.38. The Bertz CT molecular complexity index is 1070. The second-order valence-corrected chi connectivity index (χ2v) is 10.9. The van der Waals surface area contributed by atoms with Gasteiger partial charge in [0.25, 0.3) is 5.91 Å². The van der Waals surface area contributed by atoms with Crippen LogP contribution in [0.2, 0.25) is 0 Å². The van der Waals surface area contributed by atoms with Crippen LogP contribution in [0.1, 0.15) is 61.9 Å². The largest absolute Gasteiger partial charge is 0.488 e. The number of nitrogens with zero attached hydrogens (tertiary/aromatic N) is 2. The molecule has 0 aromatic heterocycles. The van der Waals surface area contributed by atoms with Gasteiger partial charge in [-0.05, 0) is 50.6 Å². The highest BCUT2D eigenvalue weighted by Crippen LogP contribution is 2.31. The maximum atomic E-state index is 13.7. The molecule has 2 aliphatic rings. The molecule has 3 amide bonds. The van der Waals surface area contributed by atoms with Crippen molar-refractivity contribution >= 4 is 17.6 Å². The molecule has 3 N–H and O–H groups in total. The monoisotopic (exact) mass is 522 g/mol. The standard InChI is InChI=1S/C30H42N4O4/c1-21-17-34(22(2)20-35)29(36)26-16-25(32-30(37)31-24-12-8-5-9-13-24)14-15-27(26)38-28(21)19-33(3)18-23-10-6-4-7-11-23/h4,6-7,10-11,14-16,21-22,24,28,35H,5,8-9,12-13,17-20H2,1-3H3,(H2,31,32,37)/t21-,22-,28-/m0/s1. The first-order chi connectivity index (χ1) is 18.3. The van der Waals surface area contributed by atoms with E-state index in [1.807, 2.05) is 25.1 Å². The predicted molar refractivity (Wildman–Crippen MR) is 149 cm³/mol.